The molecule has 2 aliphatic heterocycles. The number of hydrogen-bond acceptors (Lipinski definition) is 12. The maximum atomic E-state index is 8.89. The van der Waals surface area contributed by atoms with Gasteiger partial charge in [-0.25, -0.2) is 29.9 Å². The van der Waals surface area contributed by atoms with Gasteiger partial charge in [0.2, 0.25) is 0 Å². The average molecular weight is 744 g/mol. The minimum absolute atomic E-state index is 0. The summed E-state index contributed by atoms with van der Waals surface area (Å²) in [5.74, 6) is -0.861. The van der Waals surface area contributed by atoms with Crippen molar-refractivity contribution in [2.75, 3.05) is 0 Å². The molecule has 1 radical (unpaired) electrons. The number of rotatable bonds is 0. The molecular formula is C38H27CrN8O6. The van der Waals surface area contributed by atoms with Gasteiger partial charge in [-0.2, -0.15) is 0 Å². The Morgan fingerprint density at radius 2 is 0.585 bits per heavy atom. The summed E-state index contributed by atoms with van der Waals surface area (Å²) in [7, 11) is 0. The van der Waals surface area contributed by atoms with E-state index in [1.807, 2.05) is 97.1 Å². The Kier molecular flexibility index (Phi) is 11.3. The number of aromatic amines is 2. The third-order valence-electron chi connectivity index (χ3n) is 7.46. The Bertz CT molecular complexity index is 2330. The van der Waals surface area contributed by atoms with Crippen LogP contribution in [0.1, 0.15) is 20.8 Å². The molecule has 9 rings (SSSR count). The maximum Gasteiger partial charge on any atom is 3.00 e. The summed E-state index contributed by atoms with van der Waals surface area (Å²) in [6.07, 6.45) is 0. The second kappa shape index (κ2) is 16.0. The number of carbonyl (C=O) groups excluding carboxylic acids is 3. The molecule has 5 heterocycles. The molecule has 0 spiro atoms. The van der Waals surface area contributed by atoms with Crippen LogP contribution >= 0.6 is 0 Å². The fourth-order valence-electron chi connectivity index (χ4n) is 5.59. The predicted molar refractivity (Wildman–Crippen MR) is 188 cm³/mol. The standard InChI is InChI=1S/C32H18N8.3C2H4O2.Cr/c1-2-10-18-17(9-1)25-33-26(18)38-28-21-13-5-6-14-22(21)30(35-28)40-32-24-16-8-7-15-23(24)31(36-32)39-29-20-12-4-3-11-19(20)27(34-29)37-25;3*1-2(3)4;/h1-16H,(H2,33,34,35,36,37,38,39,40);3*1H3,(H,3,4);/q;;;;+3/p-3. The summed E-state index contributed by atoms with van der Waals surface area (Å²) < 4.78 is 0. The second-order valence-electron chi connectivity index (χ2n) is 11.3. The molecule has 2 N–H and O–H groups in total. The number of carboxylic acids is 3. The SMILES string of the molecule is CC(=O)[O-].CC(=O)[O-].CC(=O)[O-].[Cr+3].c1ccc2c(c1)-c1nc-2nc2[nH]c(nc3nc(nc4[nH]c(n1)c1ccccc41)-c1ccccc1-3)c1ccccc21. The number of benzene rings is 4. The molecular weight excluding hydrogens is 716 g/mol. The van der Waals surface area contributed by atoms with Crippen LogP contribution in [-0.2, 0) is 31.7 Å². The summed E-state index contributed by atoms with van der Waals surface area (Å²) >= 11 is 0. The first-order valence-corrected chi connectivity index (χ1v) is 15.7. The van der Waals surface area contributed by atoms with E-state index in [0.717, 1.165) is 64.6 Å². The van der Waals surface area contributed by atoms with Crippen molar-refractivity contribution in [1.82, 2.24) is 39.9 Å². The fraction of sp³-hybridized carbons (Fsp3) is 0.0789. The molecule has 0 saturated heterocycles. The van der Waals surface area contributed by atoms with Gasteiger partial charge < -0.3 is 39.7 Å². The van der Waals surface area contributed by atoms with Crippen LogP contribution < -0.4 is 15.3 Å². The third-order valence-corrected chi connectivity index (χ3v) is 7.46. The van der Waals surface area contributed by atoms with Crippen molar-refractivity contribution in [3.8, 4) is 45.6 Å². The molecule has 8 bridgehead atoms. The fourth-order valence-corrected chi connectivity index (χ4v) is 5.59. The normalized spacial score (nSPS) is 10.5. The largest absolute Gasteiger partial charge is 3.00 e. The maximum absolute atomic E-state index is 8.89. The number of aromatic nitrogens is 8. The van der Waals surface area contributed by atoms with Crippen molar-refractivity contribution in [2.45, 2.75) is 20.8 Å². The first kappa shape index (κ1) is 37.4. The van der Waals surface area contributed by atoms with E-state index >= 15 is 0 Å². The molecule has 0 unspecified atom stereocenters. The number of nitrogens with zero attached hydrogens (tertiary/aromatic N) is 6. The number of fused-ring (bicyclic) bond motifs is 20. The Morgan fingerprint density at radius 1 is 0.396 bits per heavy atom. The van der Waals surface area contributed by atoms with Crippen LogP contribution in [0.2, 0.25) is 0 Å². The molecule has 4 aromatic carbocycles. The molecule has 0 aliphatic carbocycles. The number of nitrogens with one attached hydrogen (secondary N) is 2. The molecule has 2 aliphatic rings. The van der Waals surface area contributed by atoms with Gasteiger partial charge in [-0.05, 0) is 20.8 Å². The Hall–Kier alpha value is -6.82. The van der Waals surface area contributed by atoms with Crippen LogP contribution in [0.4, 0.5) is 0 Å². The van der Waals surface area contributed by atoms with Gasteiger partial charge in [-0.1, -0.05) is 97.1 Å². The van der Waals surface area contributed by atoms with Crippen molar-refractivity contribution < 1.29 is 47.1 Å². The van der Waals surface area contributed by atoms with Gasteiger partial charge in [0.15, 0.2) is 23.3 Å². The summed E-state index contributed by atoms with van der Waals surface area (Å²) in [6, 6.07) is 32.2. The molecule has 7 aromatic rings. The van der Waals surface area contributed by atoms with Gasteiger partial charge in [-0.15, -0.1) is 0 Å². The molecule has 14 nitrogen and oxygen atoms in total. The van der Waals surface area contributed by atoms with Crippen molar-refractivity contribution in [1.29, 1.82) is 0 Å². The monoisotopic (exact) mass is 743 g/mol. The second-order valence-corrected chi connectivity index (χ2v) is 11.3. The minimum Gasteiger partial charge on any atom is -0.550 e. The molecule has 0 amide bonds. The molecule has 15 heteroatoms. The van der Waals surface area contributed by atoms with Crippen molar-refractivity contribution in [3.05, 3.63) is 97.1 Å². The number of carboxylic acid groups (broad SMARTS) is 3. The molecule has 3 aromatic heterocycles. The van der Waals surface area contributed by atoms with Gasteiger partial charge in [0.25, 0.3) is 0 Å². The number of H-pyrrole nitrogens is 2. The van der Waals surface area contributed by atoms with E-state index in [2.05, 4.69) is 9.97 Å². The van der Waals surface area contributed by atoms with Crippen molar-refractivity contribution in [2.24, 2.45) is 0 Å². The zero-order valence-corrected chi connectivity index (χ0v) is 29.6. The van der Waals surface area contributed by atoms with Gasteiger partial charge in [0.1, 0.15) is 22.6 Å². The van der Waals surface area contributed by atoms with Gasteiger partial charge in [-0.3, -0.25) is 0 Å². The quantitative estimate of drug-likeness (QED) is 0.228. The topological polar surface area (TPSA) is 229 Å². The van der Waals surface area contributed by atoms with E-state index in [1.165, 1.54) is 0 Å². The smallest absolute Gasteiger partial charge is 0.550 e. The summed E-state index contributed by atoms with van der Waals surface area (Å²) in [5.41, 5.74) is 6.45. The molecule has 0 fully saturated rings. The van der Waals surface area contributed by atoms with E-state index in [1.54, 1.807) is 0 Å². The zero-order chi connectivity index (χ0) is 36.9. The number of aliphatic carboxylic acids is 3. The molecule has 261 valence electrons. The third kappa shape index (κ3) is 8.23. The minimum atomic E-state index is -1.08. The van der Waals surface area contributed by atoms with Crippen LogP contribution in [0.5, 0.6) is 0 Å². The van der Waals surface area contributed by atoms with Crippen molar-refractivity contribution >= 4 is 62.0 Å². The van der Waals surface area contributed by atoms with Crippen LogP contribution in [0, 0.1) is 0 Å². The predicted octanol–water partition coefficient (Wildman–Crippen LogP) is 3.14. The summed E-state index contributed by atoms with van der Waals surface area (Å²) in [6.45, 7) is 2.92. The van der Waals surface area contributed by atoms with Crippen LogP contribution in [0.3, 0.4) is 0 Å². The summed E-state index contributed by atoms with van der Waals surface area (Å²) in [5, 5.41) is 30.5. The van der Waals surface area contributed by atoms with Crippen molar-refractivity contribution in [3.63, 3.8) is 0 Å². The molecule has 0 atom stereocenters. The van der Waals surface area contributed by atoms with E-state index in [4.69, 9.17) is 59.6 Å². The van der Waals surface area contributed by atoms with Gasteiger partial charge >= 0.3 is 17.4 Å². The molecule has 53 heavy (non-hydrogen) atoms. The van der Waals surface area contributed by atoms with Crippen LogP contribution in [-0.4, -0.2) is 57.8 Å². The zero-order valence-electron chi connectivity index (χ0n) is 28.3. The van der Waals surface area contributed by atoms with E-state index in [9.17, 15) is 0 Å². The van der Waals surface area contributed by atoms with Gasteiger partial charge in [0, 0.05) is 61.7 Å². The van der Waals surface area contributed by atoms with Crippen LogP contribution in [0.25, 0.3) is 89.7 Å². The van der Waals surface area contributed by atoms with Gasteiger partial charge in [0.05, 0.1) is 0 Å². The Balaban J connectivity index is 0.000000368. The first-order chi connectivity index (χ1) is 25.0. The van der Waals surface area contributed by atoms with Crippen LogP contribution in [0.15, 0.2) is 97.1 Å². The molecule has 0 saturated carbocycles. The van der Waals surface area contributed by atoms with E-state index in [0.29, 0.717) is 45.9 Å². The summed E-state index contributed by atoms with van der Waals surface area (Å²) in [4.78, 5) is 63.4. The Morgan fingerprint density at radius 3 is 0.792 bits per heavy atom. The Labute approximate surface area is 311 Å². The first-order valence-electron chi connectivity index (χ1n) is 15.7. The number of hydrogen-bond donors (Lipinski definition) is 2. The number of carbonyl (C=O) groups is 3. The van der Waals surface area contributed by atoms with E-state index < -0.39 is 17.9 Å². The average Bonchev–Trinajstić information content (AvgIpc) is 3.83. The van der Waals surface area contributed by atoms with E-state index in [-0.39, 0.29) is 17.4 Å².